The van der Waals surface area contributed by atoms with Crippen LogP contribution in [0, 0.1) is 0 Å². The molecule has 0 saturated heterocycles. The van der Waals surface area contributed by atoms with Crippen molar-refractivity contribution in [2.45, 2.75) is 32.7 Å². The Labute approximate surface area is 133 Å². The highest BCUT2D eigenvalue weighted by molar-refractivity contribution is 6.31. The van der Waals surface area contributed by atoms with E-state index >= 15 is 0 Å². The minimum atomic E-state index is -0.137. The van der Waals surface area contributed by atoms with E-state index < -0.39 is 0 Å². The van der Waals surface area contributed by atoms with Crippen molar-refractivity contribution < 1.29 is 0 Å². The van der Waals surface area contributed by atoms with Crippen LogP contribution in [0.1, 0.15) is 31.2 Å². The third-order valence-corrected chi connectivity index (χ3v) is 3.91. The first-order chi connectivity index (χ1) is 10.7. The molecule has 0 bridgehead atoms. The lowest BCUT2D eigenvalue weighted by molar-refractivity contribution is 0.691. The average Bonchev–Trinajstić information content (AvgIpc) is 2.91. The van der Waals surface area contributed by atoms with Crippen LogP contribution in [-0.2, 0) is 13.0 Å². The molecule has 3 rings (SSSR count). The molecule has 0 atom stereocenters. The number of unbranched alkanes of at least 4 members (excludes halogenated alkanes) is 1. The predicted octanol–water partition coefficient (Wildman–Crippen LogP) is 3.16. The van der Waals surface area contributed by atoms with Crippen LogP contribution in [0.2, 0.25) is 5.02 Å². The van der Waals surface area contributed by atoms with Crippen LogP contribution in [0.3, 0.4) is 0 Å². The van der Waals surface area contributed by atoms with Gasteiger partial charge in [-0.05, 0) is 18.1 Å². The topological polar surface area (TPSA) is 63.6 Å². The fraction of sp³-hybridized carbons (Fsp3) is 0.312. The zero-order chi connectivity index (χ0) is 15.5. The molecule has 0 unspecified atom stereocenters. The van der Waals surface area contributed by atoms with Crippen molar-refractivity contribution >= 4 is 22.6 Å². The smallest absolute Gasteiger partial charge is 0.262 e. The molecule has 3 aromatic rings. The van der Waals surface area contributed by atoms with Crippen LogP contribution in [0.5, 0.6) is 0 Å². The maximum atomic E-state index is 12.1. The summed E-state index contributed by atoms with van der Waals surface area (Å²) in [6, 6.07) is 7.60. The first-order valence-electron chi connectivity index (χ1n) is 7.37. The fourth-order valence-electron chi connectivity index (χ4n) is 2.35. The van der Waals surface area contributed by atoms with Gasteiger partial charge in [-0.1, -0.05) is 43.1 Å². The SMILES string of the molecule is CCCCc1nc2nn(Cc3ccccc3Cl)cc2c(=O)[nH]1. The quantitative estimate of drug-likeness (QED) is 0.786. The number of halogens is 1. The molecule has 0 amide bonds. The first kappa shape index (κ1) is 14.8. The van der Waals surface area contributed by atoms with E-state index in [0.717, 1.165) is 24.8 Å². The van der Waals surface area contributed by atoms with Crippen molar-refractivity contribution in [1.29, 1.82) is 0 Å². The molecule has 0 aliphatic rings. The standard InChI is InChI=1S/C16H17ClN4O/c1-2-3-8-14-18-15-12(16(22)19-14)10-21(20-15)9-11-6-4-5-7-13(11)17/h4-7,10H,2-3,8-9H2,1H3,(H,18,19,20,22). The van der Waals surface area contributed by atoms with Crippen LogP contribution in [0.4, 0.5) is 0 Å². The Bertz CT molecular complexity index is 853. The van der Waals surface area contributed by atoms with E-state index in [1.54, 1.807) is 10.9 Å². The number of H-pyrrole nitrogens is 1. The van der Waals surface area contributed by atoms with E-state index in [-0.39, 0.29) is 5.56 Å². The van der Waals surface area contributed by atoms with Gasteiger partial charge < -0.3 is 4.98 Å². The summed E-state index contributed by atoms with van der Waals surface area (Å²) in [5.41, 5.74) is 1.31. The summed E-state index contributed by atoms with van der Waals surface area (Å²) in [4.78, 5) is 19.4. The molecule has 1 aromatic carbocycles. The summed E-state index contributed by atoms with van der Waals surface area (Å²) in [5.74, 6) is 0.697. The molecule has 0 radical (unpaired) electrons. The maximum Gasteiger partial charge on any atom is 0.262 e. The lowest BCUT2D eigenvalue weighted by Crippen LogP contribution is -2.10. The largest absolute Gasteiger partial charge is 0.310 e. The molecular formula is C16H17ClN4O. The number of aryl methyl sites for hydroxylation is 1. The molecule has 0 saturated carbocycles. The molecule has 0 fully saturated rings. The van der Waals surface area contributed by atoms with Crippen molar-refractivity contribution in [3.8, 4) is 0 Å². The molecule has 2 heterocycles. The van der Waals surface area contributed by atoms with Gasteiger partial charge in [0.15, 0.2) is 5.65 Å². The Morgan fingerprint density at radius 3 is 2.91 bits per heavy atom. The normalized spacial score (nSPS) is 11.2. The van der Waals surface area contributed by atoms with E-state index in [4.69, 9.17) is 11.6 Å². The first-order valence-corrected chi connectivity index (χ1v) is 7.75. The summed E-state index contributed by atoms with van der Waals surface area (Å²) >= 11 is 6.16. The second kappa shape index (κ2) is 6.32. The minimum Gasteiger partial charge on any atom is -0.310 e. The number of fused-ring (bicyclic) bond motifs is 1. The van der Waals surface area contributed by atoms with Crippen molar-refractivity contribution in [2.75, 3.05) is 0 Å². The van der Waals surface area contributed by atoms with Gasteiger partial charge >= 0.3 is 0 Å². The molecule has 22 heavy (non-hydrogen) atoms. The van der Waals surface area contributed by atoms with Crippen LogP contribution in [-0.4, -0.2) is 19.7 Å². The molecule has 0 aliphatic heterocycles. The highest BCUT2D eigenvalue weighted by atomic mass is 35.5. The predicted molar refractivity (Wildman–Crippen MR) is 87.3 cm³/mol. The summed E-state index contributed by atoms with van der Waals surface area (Å²) in [6.45, 7) is 2.62. The number of aromatic amines is 1. The number of benzene rings is 1. The molecule has 6 heteroatoms. The van der Waals surface area contributed by atoms with Gasteiger partial charge in [-0.15, -0.1) is 0 Å². The van der Waals surface area contributed by atoms with E-state index in [1.165, 1.54) is 0 Å². The number of nitrogens with one attached hydrogen (secondary N) is 1. The second-order valence-corrected chi connectivity index (χ2v) is 5.68. The van der Waals surface area contributed by atoms with Gasteiger partial charge in [0.05, 0.1) is 6.54 Å². The van der Waals surface area contributed by atoms with Gasteiger partial charge in [0.25, 0.3) is 5.56 Å². The molecule has 5 nitrogen and oxygen atoms in total. The van der Waals surface area contributed by atoms with Crippen molar-refractivity contribution in [2.24, 2.45) is 0 Å². The van der Waals surface area contributed by atoms with Crippen molar-refractivity contribution in [3.05, 3.63) is 57.2 Å². The third-order valence-electron chi connectivity index (χ3n) is 3.54. The number of rotatable bonds is 5. The van der Waals surface area contributed by atoms with Crippen LogP contribution in [0.15, 0.2) is 35.3 Å². The van der Waals surface area contributed by atoms with Gasteiger partial charge in [0.2, 0.25) is 0 Å². The Balaban J connectivity index is 1.94. The van der Waals surface area contributed by atoms with E-state index in [2.05, 4.69) is 22.0 Å². The molecule has 2 aromatic heterocycles. The molecule has 0 aliphatic carbocycles. The van der Waals surface area contributed by atoms with Gasteiger partial charge in [-0.2, -0.15) is 5.10 Å². The Morgan fingerprint density at radius 1 is 1.32 bits per heavy atom. The van der Waals surface area contributed by atoms with Gasteiger partial charge in [-0.3, -0.25) is 9.48 Å². The van der Waals surface area contributed by atoms with E-state index in [0.29, 0.717) is 28.4 Å². The maximum absolute atomic E-state index is 12.1. The van der Waals surface area contributed by atoms with E-state index in [1.807, 2.05) is 24.3 Å². The van der Waals surface area contributed by atoms with Crippen LogP contribution >= 0.6 is 11.6 Å². The lowest BCUT2D eigenvalue weighted by Gasteiger charge is -2.03. The lowest BCUT2D eigenvalue weighted by atomic mass is 10.2. The highest BCUT2D eigenvalue weighted by Gasteiger charge is 2.09. The highest BCUT2D eigenvalue weighted by Crippen LogP contribution is 2.16. The molecular weight excluding hydrogens is 300 g/mol. The minimum absolute atomic E-state index is 0.137. The fourth-order valence-corrected chi connectivity index (χ4v) is 2.55. The number of hydrogen-bond donors (Lipinski definition) is 1. The van der Waals surface area contributed by atoms with E-state index in [9.17, 15) is 4.79 Å². The van der Waals surface area contributed by atoms with Gasteiger partial charge in [0, 0.05) is 17.6 Å². The zero-order valence-corrected chi connectivity index (χ0v) is 13.1. The van der Waals surface area contributed by atoms with Crippen molar-refractivity contribution in [3.63, 3.8) is 0 Å². The van der Waals surface area contributed by atoms with Crippen LogP contribution in [0.25, 0.3) is 11.0 Å². The van der Waals surface area contributed by atoms with Crippen molar-refractivity contribution in [1.82, 2.24) is 19.7 Å². The van der Waals surface area contributed by atoms with Crippen LogP contribution < -0.4 is 5.56 Å². The number of nitrogens with zero attached hydrogens (tertiary/aromatic N) is 3. The molecule has 114 valence electrons. The monoisotopic (exact) mass is 316 g/mol. The Kier molecular flexibility index (Phi) is 4.24. The number of hydrogen-bond acceptors (Lipinski definition) is 3. The second-order valence-electron chi connectivity index (χ2n) is 5.27. The summed E-state index contributed by atoms with van der Waals surface area (Å²) < 4.78 is 1.71. The van der Waals surface area contributed by atoms with Gasteiger partial charge in [0.1, 0.15) is 11.2 Å². The average molecular weight is 317 g/mol. The third kappa shape index (κ3) is 3.04. The summed E-state index contributed by atoms with van der Waals surface area (Å²) in [6.07, 6.45) is 4.53. The summed E-state index contributed by atoms with van der Waals surface area (Å²) in [5, 5.41) is 5.60. The van der Waals surface area contributed by atoms with Gasteiger partial charge in [-0.25, -0.2) is 4.98 Å². The molecule has 0 spiro atoms. The zero-order valence-electron chi connectivity index (χ0n) is 12.3. The summed E-state index contributed by atoms with van der Waals surface area (Å²) in [7, 11) is 0. The molecule has 1 N–H and O–H groups in total. The number of aromatic nitrogens is 4. The Hall–Kier alpha value is -2.14. The Morgan fingerprint density at radius 2 is 2.14 bits per heavy atom.